The highest BCUT2D eigenvalue weighted by atomic mass is 16.5. The first kappa shape index (κ1) is 21.2. The molecule has 168 valence electrons. The van der Waals surface area contributed by atoms with Crippen LogP contribution in [0.5, 0.6) is 5.75 Å². The van der Waals surface area contributed by atoms with Crippen molar-refractivity contribution in [1.29, 1.82) is 0 Å². The van der Waals surface area contributed by atoms with Crippen molar-refractivity contribution in [2.75, 3.05) is 0 Å². The van der Waals surface area contributed by atoms with Gasteiger partial charge in [-0.05, 0) is 45.7 Å². The Labute approximate surface area is 193 Å². The number of hydrogen-bond donors (Lipinski definition) is 1. The molecule has 1 aliphatic rings. The normalized spacial score (nSPS) is 13.8. The predicted molar refractivity (Wildman–Crippen MR) is 127 cm³/mol. The van der Waals surface area contributed by atoms with Crippen LogP contribution in [0.25, 0.3) is 22.4 Å². The van der Waals surface area contributed by atoms with Crippen LogP contribution < -0.4 is 10.1 Å². The third-order valence-corrected chi connectivity index (χ3v) is 5.58. The van der Waals surface area contributed by atoms with Gasteiger partial charge in [0.25, 0.3) is 11.6 Å². The van der Waals surface area contributed by atoms with Gasteiger partial charge in [0, 0.05) is 29.3 Å². The quantitative estimate of drug-likeness (QED) is 0.405. The highest BCUT2D eigenvalue weighted by Crippen LogP contribution is 2.41. The number of ether oxygens (including phenoxy) is 1. The molecule has 6 heteroatoms. The van der Waals surface area contributed by atoms with Gasteiger partial charge >= 0.3 is 0 Å². The summed E-state index contributed by atoms with van der Waals surface area (Å²) in [7, 11) is 0. The fourth-order valence-electron chi connectivity index (χ4n) is 3.88. The van der Waals surface area contributed by atoms with Crippen LogP contribution in [0.4, 0.5) is 0 Å². The van der Waals surface area contributed by atoms with Gasteiger partial charge in [0.05, 0.1) is 10.9 Å². The molecule has 0 saturated heterocycles. The van der Waals surface area contributed by atoms with Crippen LogP contribution in [0.1, 0.15) is 61.1 Å². The number of benzene rings is 2. The first-order valence-corrected chi connectivity index (χ1v) is 11.3. The largest absolute Gasteiger partial charge is 0.488 e. The lowest BCUT2D eigenvalue weighted by Crippen LogP contribution is -2.26. The van der Waals surface area contributed by atoms with Crippen LogP contribution in [0, 0.1) is 0 Å². The maximum Gasteiger partial charge on any atom is 0.259 e. The van der Waals surface area contributed by atoms with Crippen molar-refractivity contribution in [2.24, 2.45) is 0 Å². The van der Waals surface area contributed by atoms with E-state index in [1.807, 2.05) is 81.4 Å². The highest BCUT2D eigenvalue weighted by Gasteiger charge is 2.29. The van der Waals surface area contributed by atoms with E-state index in [0.29, 0.717) is 34.8 Å². The van der Waals surface area contributed by atoms with E-state index in [9.17, 15) is 4.79 Å². The van der Waals surface area contributed by atoms with Crippen LogP contribution in [-0.2, 0) is 6.54 Å². The summed E-state index contributed by atoms with van der Waals surface area (Å²) in [5, 5.41) is 7.98. The van der Waals surface area contributed by atoms with Crippen LogP contribution >= 0.6 is 0 Å². The van der Waals surface area contributed by atoms with Crippen LogP contribution in [0.15, 0.2) is 65.2 Å². The van der Waals surface area contributed by atoms with Crippen molar-refractivity contribution in [3.63, 3.8) is 0 Å². The lowest BCUT2D eigenvalue weighted by molar-refractivity contribution is 0.0951. The molecule has 0 spiro atoms. The topological polar surface area (TPSA) is 77.2 Å². The number of rotatable bonds is 6. The van der Waals surface area contributed by atoms with Gasteiger partial charge in [-0.1, -0.05) is 53.7 Å². The summed E-state index contributed by atoms with van der Waals surface area (Å²) >= 11 is 0. The van der Waals surface area contributed by atoms with Crippen LogP contribution in [-0.4, -0.2) is 21.6 Å². The number of carbonyl (C=O) groups excluding carboxylic acids is 1. The zero-order chi connectivity index (χ0) is 23.0. The zero-order valence-corrected chi connectivity index (χ0v) is 19.1. The molecule has 1 fully saturated rings. The first-order valence-electron chi connectivity index (χ1n) is 11.3. The molecule has 0 bridgehead atoms. The number of pyridine rings is 1. The minimum atomic E-state index is -0.330. The van der Waals surface area contributed by atoms with Crippen molar-refractivity contribution in [3.8, 4) is 17.0 Å². The molecule has 1 amide bonds. The van der Waals surface area contributed by atoms with Gasteiger partial charge in [-0.3, -0.25) is 4.79 Å². The SMILES string of the molecule is CC(C)(C)Oc1ccccc1CNC(=O)c1cc(C2CC2)nc2onc(-c3ccccc3)c12. The van der Waals surface area contributed by atoms with E-state index < -0.39 is 0 Å². The Morgan fingerprint density at radius 2 is 1.82 bits per heavy atom. The molecular weight excluding hydrogens is 414 g/mol. The van der Waals surface area contributed by atoms with E-state index in [0.717, 1.165) is 35.4 Å². The number of carbonyl (C=O) groups is 1. The van der Waals surface area contributed by atoms with E-state index in [-0.39, 0.29) is 11.5 Å². The Bertz CT molecular complexity index is 1300. The molecule has 0 radical (unpaired) electrons. The number of hydrogen-bond acceptors (Lipinski definition) is 5. The minimum absolute atomic E-state index is 0.185. The summed E-state index contributed by atoms with van der Waals surface area (Å²) in [6.07, 6.45) is 2.16. The lowest BCUT2D eigenvalue weighted by Gasteiger charge is -2.23. The average molecular weight is 442 g/mol. The molecule has 0 aliphatic heterocycles. The number of para-hydroxylation sites is 1. The monoisotopic (exact) mass is 441 g/mol. The molecule has 5 rings (SSSR count). The molecule has 1 aliphatic carbocycles. The Morgan fingerprint density at radius 3 is 2.55 bits per heavy atom. The first-order chi connectivity index (χ1) is 15.9. The van der Waals surface area contributed by atoms with Gasteiger partial charge in [-0.25, -0.2) is 4.98 Å². The minimum Gasteiger partial charge on any atom is -0.488 e. The molecule has 6 nitrogen and oxygen atoms in total. The molecule has 2 aromatic carbocycles. The maximum absolute atomic E-state index is 13.5. The summed E-state index contributed by atoms with van der Waals surface area (Å²) in [6.45, 7) is 6.37. The van der Waals surface area contributed by atoms with E-state index in [1.54, 1.807) is 0 Å². The number of fused-ring (bicyclic) bond motifs is 1. The van der Waals surface area contributed by atoms with Gasteiger partial charge in [-0.15, -0.1) is 0 Å². The van der Waals surface area contributed by atoms with Gasteiger partial charge in [0.2, 0.25) is 0 Å². The number of amides is 1. The molecule has 33 heavy (non-hydrogen) atoms. The number of nitrogens with one attached hydrogen (secondary N) is 1. The highest BCUT2D eigenvalue weighted by molar-refractivity contribution is 6.09. The number of aromatic nitrogens is 2. The third-order valence-electron chi connectivity index (χ3n) is 5.58. The second-order valence-corrected chi connectivity index (χ2v) is 9.45. The van der Waals surface area contributed by atoms with Gasteiger partial charge in [0.1, 0.15) is 17.0 Å². The van der Waals surface area contributed by atoms with Crippen molar-refractivity contribution in [2.45, 2.75) is 51.7 Å². The summed E-state index contributed by atoms with van der Waals surface area (Å²) in [5.41, 5.74) is 3.93. The predicted octanol–water partition coefficient (Wildman–Crippen LogP) is 5.87. The Morgan fingerprint density at radius 1 is 1.09 bits per heavy atom. The molecule has 1 saturated carbocycles. The second kappa shape index (κ2) is 8.35. The molecule has 4 aromatic rings. The lowest BCUT2D eigenvalue weighted by atomic mass is 10.0. The van der Waals surface area contributed by atoms with E-state index in [4.69, 9.17) is 9.26 Å². The second-order valence-electron chi connectivity index (χ2n) is 9.45. The van der Waals surface area contributed by atoms with Gasteiger partial charge in [-0.2, -0.15) is 0 Å². The Kier molecular flexibility index (Phi) is 5.36. The zero-order valence-electron chi connectivity index (χ0n) is 19.1. The molecule has 2 aromatic heterocycles. The standard InChI is InChI=1S/C27H27N3O3/c1-27(2,3)32-22-12-8-7-11-19(22)16-28-25(31)20-15-21(17-13-14-17)29-26-23(20)24(30-33-26)18-9-5-4-6-10-18/h4-12,15,17H,13-14,16H2,1-3H3,(H,28,31). The Balaban J connectivity index is 1.49. The van der Waals surface area contributed by atoms with E-state index in [2.05, 4.69) is 15.5 Å². The smallest absolute Gasteiger partial charge is 0.259 e. The fourth-order valence-corrected chi connectivity index (χ4v) is 3.88. The average Bonchev–Trinajstić information content (AvgIpc) is 3.56. The van der Waals surface area contributed by atoms with Gasteiger partial charge in [0.15, 0.2) is 0 Å². The molecule has 0 atom stereocenters. The molecule has 2 heterocycles. The van der Waals surface area contributed by atoms with Crippen LogP contribution in [0.2, 0.25) is 0 Å². The summed E-state index contributed by atoms with van der Waals surface area (Å²) in [5.74, 6) is 0.959. The van der Waals surface area contributed by atoms with Gasteiger partial charge < -0.3 is 14.6 Å². The summed E-state index contributed by atoms with van der Waals surface area (Å²) in [6, 6.07) is 19.4. The van der Waals surface area contributed by atoms with Crippen molar-refractivity contribution in [1.82, 2.24) is 15.5 Å². The van der Waals surface area contributed by atoms with Crippen molar-refractivity contribution < 1.29 is 14.1 Å². The molecule has 0 unspecified atom stereocenters. The Hall–Kier alpha value is -3.67. The molecule has 1 N–H and O–H groups in total. The van der Waals surface area contributed by atoms with E-state index >= 15 is 0 Å². The number of nitrogens with zero attached hydrogens (tertiary/aromatic N) is 2. The van der Waals surface area contributed by atoms with Crippen LogP contribution in [0.3, 0.4) is 0 Å². The van der Waals surface area contributed by atoms with Crippen molar-refractivity contribution >= 4 is 17.0 Å². The third kappa shape index (κ3) is 4.60. The van der Waals surface area contributed by atoms with E-state index in [1.165, 1.54) is 0 Å². The fraction of sp³-hybridized carbons (Fsp3) is 0.296. The van der Waals surface area contributed by atoms with Crippen molar-refractivity contribution in [3.05, 3.63) is 77.5 Å². The summed E-state index contributed by atoms with van der Waals surface area (Å²) in [4.78, 5) is 18.1. The summed E-state index contributed by atoms with van der Waals surface area (Å²) < 4.78 is 11.7. The maximum atomic E-state index is 13.5. The molecular formula is C27H27N3O3.